The Bertz CT molecular complexity index is 371. The lowest BCUT2D eigenvalue weighted by Crippen LogP contribution is -2.39. The van der Waals surface area contributed by atoms with Crippen molar-refractivity contribution in [3.63, 3.8) is 0 Å². The summed E-state index contributed by atoms with van der Waals surface area (Å²) in [6.07, 6.45) is 2.64. The molecule has 0 saturated carbocycles. The van der Waals surface area contributed by atoms with E-state index in [0.717, 1.165) is 37.2 Å². The summed E-state index contributed by atoms with van der Waals surface area (Å²) in [4.78, 5) is 2.51. The Morgan fingerprint density at radius 1 is 1.39 bits per heavy atom. The normalized spacial score (nSPS) is 21.4. The van der Waals surface area contributed by atoms with Crippen LogP contribution in [-0.2, 0) is 13.1 Å². The maximum Gasteiger partial charge on any atom is 0.147 e. The monoisotopic (exact) mass is 251 g/mol. The first-order chi connectivity index (χ1) is 8.74. The van der Waals surface area contributed by atoms with E-state index in [4.69, 9.17) is 0 Å². The molecule has 102 valence electrons. The molecule has 2 heterocycles. The van der Waals surface area contributed by atoms with E-state index in [1.165, 1.54) is 25.9 Å². The van der Waals surface area contributed by atoms with E-state index < -0.39 is 0 Å². The summed E-state index contributed by atoms with van der Waals surface area (Å²) in [6, 6.07) is 0. The lowest BCUT2D eigenvalue weighted by molar-refractivity contribution is 0.161. The van der Waals surface area contributed by atoms with Crippen LogP contribution in [0.2, 0.25) is 0 Å². The summed E-state index contributed by atoms with van der Waals surface area (Å²) in [7, 11) is 2.04. The number of piperidine rings is 1. The van der Waals surface area contributed by atoms with E-state index >= 15 is 0 Å². The zero-order chi connectivity index (χ0) is 13.0. The molecule has 0 amide bonds. The fourth-order valence-corrected chi connectivity index (χ4v) is 2.90. The van der Waals surface area contributed by atoms with Crippen molar-refractivity contribution < 1.29 is 0 Å². The lowest BCUT2D eigenvalue weighted by Gasteiger charge is -2.32. The summed E-state index contributed by atoms with van der Waals surface area (Å²) < 4.78 is 2.21. The minimum atomic E-state index is 0.780. The zero-order valence-corrected chi connectivity index (χ0v) is 11.8. The number of rotatable bonds is 5. The van der Waals surface area contributed by atoms with Crippen molar-refractivity contribution in [2.75, 3.05) is 26.7 Å². The fraction of sp³-hybridized carbons (Fsp3) is 0.846. The lowest BCUT2D eigenvalue weighted by atomic mass is 9.98. The maximum atomic E-state index is 4.31. The number of likely N-dealkylation sites (tertiary alicyclic amines) is 1. The molecule has 1 saturated heterocycles. The molecule has 0 spiro atoms. The Hall–Kier alpha value is -0.940. The molecule has 1 atom stereocenters. The zero-order valence-electron chi connectivity index (χ0n) is 11.8. The number of hydrogen-bond donors (Lipinski definition) is 1. The highest BCUT2D eigenvalue weighted by Gasteiger charge is 2.21. The van der Waals surface area contributed by atoms with E-state index in [9.17, 15) is 0 Å². The second-order valence-electron chi connectivity index (χ2n) is 5.21. The van der Waals surface area contributed by atoms with Gasteiger partial charge in [0.15, 0.2) is 0 Å². The fourth-order valence-electron chi connectivity index (χ4n) is 2.90. The molecular weight excluding hydrogens is 226 g/mol. The Balaban J connectivity index is 1.96. The standard InChI is InChI=1S/C13H25N5/c1-4-18-11(2)15-16-13(18)10-17-7-5-6-12(9-17)8-14-3/h12,14H,4-10H2,1-3H3. The summed E-state index contributed by atoms with van der Waals surface area (Å²) >= 11 is 0. The first-order valence-electron chi connectivity index (χ1n) is 7.00. The van der Waals surface area contributed by atoms with Crippen molar-refractivity contribution in [2.24, 2.45) is 5.92 Å². The minimum Gasteiger partial charge on any atom is -0.319 e. The van der Waals surface area contributed by atoms with Crippen LogP contribution in [0.1, 0.15) is 31.4 Å². The summed E-state index contributed by atoms with van der Waals surface area (Å²) in [5, 5.41) is 11.8. The van der Waals surface area contributed by atoms with Gasteiger partial charge in [-0.05, 0) is 52.7 Å². The van der Waals surface area contributed by atoms with Gasteiger partial charge in [0.2, 0.25) is 0 Å². The SMILES string of the molecule is CCn1c(C)nnc1CN1CCCC(CNC)C1. The van der Waals surface area contributed by atoms with Gasteiger partial charge in [-0.1, -0.05) is 0 Å². The molecule has 18 heavy (non-hydrogen) atoms. The third-order valence-corrected chi connectivity index (χ3v) is 3.79. The predicted octanol–water partition coefficient (Wildman–Crippen LogP) is 1.04. The molecule has 0 radical (unpaired) electrons. The number of hydrogen-bond acceptors (Lipinski definition) is 4. The number of aryl methyl sites for hydroxylation is 1. The molecular formula is C13H25N5. The first kappa shape index (κ1) is 13.5. The molecule has 0 bridgehead atoms. The van der Waals surface area contributed by atoms with E-state index in [1.54, 1.807) is 0 Å². The van der Waals surface area contributed by atoms with Crippen LogP contribution in [0.4, 0.5) is 0 Å². The van der Waals surface area contributed by atoms with Crippen LogP contribution < -0.4 is 5.32 Å². The van der Waals surface area contributed by atoms with Crippen molar-refractivity contribution in [3.05, 3.63) is 11.6 Å². The third-order valence-electron chi connectivity index (χ3n) is 3.79. The van der Waals surface area contributed by atoms with Gasteiger partial charge >= 0.3 is 0 Å². The third kappa shape index (κ3) is 3.09. The minimum absolute atomic E-state index is 0.780. The molecule has 1 aliphatic rings. The second kappa shape index (κ2) is 6.29. The Morgan fingerprint density at radius 2 is 2.22 bits per heavy atom. The van der Waals surface area contributed by atoms with Gasteiger partial charge in [-0.15, -0.1) is 10.2 Å². The van der Waals surface area contributed by atoms with Gasteiger partial charge in [0.1, 0.15) is 11.6 Å². The van der Waals surface area contributed by atoms with Crippen molar-refractivity contribution in [1.82, 2.24) is 25.0 Å². The van der Waals surface area contributed by atoms with Gasteiger partial charge in [0, 0.05) is 13.1 Å². The molecule has 5 heteroatoms. The average Bonchev–Trinajstić information content (AvgIpc) is 2.71. The van der Waals surface area contributed by atoms with Crippen LogP contribution in [0.25, 0.3) is 0 Å². The number of nitrogens with one attached hydrogen (secondary N) is 1. The van der Waals surface area contributed by atoms with Gasteiger partial charge in [-0.2, -0.15) is 0 Å². The van der Waals surface area contributed by atoms with Gasteiger partial charge in [-0.3, -0.25) is 4.90 Å². The Morgan fingerprint density at radius 3 is 2.94 bits per heavy atom. The van der Waals surface area contributed by atoms with E-state index in [1.807, 2.05) is 14.0 Å². The summed E-state index contributed by atoms with van der Waals surface area (Å²) in [6.45, 7) is 9.57. The van der Waals surface area contributed by atoms with Crippen LogP contribution >= 0.6 is 0 Å². The molecule has 1 N–H and O–H groups in total. The molecule has 1 aliphatic heterocycles. The largest absolute Gasteiger partial charge is 0.319 e. The molecule has 5 nitrogen and oxygen atoms in total. The molecule has 0 aliphatic carbocycles. The van der Waals surface area contributed by atoms with Crippen molar-refractivity contribution in [3.8, 4) is 0 Å². The maximum absolute atomic E-state index is 4.31. The average molecular weight is 251 g/mol. The Kier molecular flexibility index (Phi) is 4.72. The van der Waals surface area contributed by atoms with Crippen molar-refractivity contribution in [1.29, 1.82) is 0 Å². The topological polar surface area (TPSA) is 46.0 Å². The molecule has 1 fully saturated rings. The van der Waals surface area contributed by atoms with Gasteiger partial charge in [-0.25, -0.2) is 0 Å². The van der Waals surface area contributed by atoms with E-state index in [2.05, 4.69) is 31.9 Å². The molecule has 1 unspecified atom stereocenters. The van der Waals surface area contributed by atoms with E-state index in [-0.39, 0.29) is 0 Å². The van der Waals surface area contributed by atoms with Crippen LogP contribution in [0.15, 0.2) is 0 Å². The highest BCUT2D eigenvalue weighted by Crippen LogP contribution is 2.17. The van der Waals surface area contributed by atoms with Crippen LogP contribution in [-0.4, -0.2) is 46.3 Å². The molecule has 2 rings (SSSR count). The van der Waals surface area contributed by atoms with Gasteiger partial charge in [0.25, 0.3) is 0 Å². The summed E-state index contributed by atoms with van der Waals surface area (Å²) in [5.41, 5.74) is 0. The van der Waals surface area contributed by atoms with E-state index in [0.29, 0.717) is 0 Å². The van der Waals surface area contributed by atoms with Gasteiger partial charge < -0.3 is 9.88 Å². The Labute approximate surface area is 110 Å². The first-order valence-corrected chi connectivity index (χ1v) is 7.00. The van der Waals surface area contributed by atoms with Crippen molar-refractivity contribution >= 4 is 0 Å². The molecule has 1 aromatic rings. The number of aromatic nitrogens is 3. The predicted molar refractivity (Wildman–Crippen MR) is 72.4 cm³/mol. The highest BCUT2D eigenvalue weighted by molar-refractivity contribution is 4.94. The van der Waals surface area contributed by atoms with Crippen LogP contribution in [0.3, 0.4) is 0 Å². The second-order valence-corrected chi connectivity index (χ2v) is 5.21. The van der Waals surface area contributed by atoms with Crippen LogP contribution in [0, 0.1) is 12.8 Å². The van der Waals surface area contributed by atoms with Gasteiger partial charge in [0.05, 0.1) is 6.54 Å². The quantitative estimate of drug-likeness (QED) is 0.849. The number of nitrogens with zero attached hydrogens (tertiary/aromatic N) is 4. The van der Waals surface area contributed by atoms with Crippen LogP contribution in [0.5, 0.6) is 0 Å². The molecule has 0 aromatic carbocycles. The highest BCUT2D eigenvalue weighted by atomic mass is 15.3. The smallest absolute Gasteiger partial charge is 0.147 e. The molecule has 1 aromatic heterocycles. The summed E-state index contributed by atoms with van der Waals surface area (Å²) in [5.74, 6) is 2.92. The van der Waals surface area contributed by atoms with Crippen molar-refractivity contribution in [2.45, 2.75) is 39.8 Å².